The second-order valence-corrected chi connectivity index (χ2v) is 8.63. The maximum atomic E-state index is 12.8. The Bertz CT molecular complexity index is 1190. The Labute approximate surface area is 208 Å². The minimum absolute atomic E-state index is 0.0202. The fourth-order valence-corrected chi connectivity index (χ4v) is 4.07. The number of morpholine rings is 1. The summed E-state index contributed by atoms with van der Waals surface area (Å²) in [6.07, 6.45) is 1.53. The lowest BCUT2D eigenvalue weighted by Gasteiger charge is -2.26. The van der Waals surface area contributed by atoms with E-state index < -0.39 is 16.9 Å². The normalized spacial score (nSPS) is 17.0. The molecular formula is C23H21BrN4O7. The second-order valence-electron chi connectivity index (χ2n) is 7.77. The van der Waals surface area contributed by atoms with Crippen LogP contribution >= 0.6 is 15.9 Å². The maximum absolute atomic E-state index is 12.8. The van der Waals surface area contributed by atoms with Gasteiger partial charge >= 0.3 is 6.03 Å². The van der Waals surface area contributed by atoms with Crippen LogP contribution < -0.4 is 10.1 Å². The second kappa shape index (κ2) is 10.7. The van der Waals surface area contributed by atoms with Crippen LogP contribution in [-0.4, -0.2) is 65.5 Å². The van der Waals surface area contributed by atoms with E-state index in [1.807, 2.05) is 0 Å². The van der Waals surface area contributed by atoms with Gasteiger partial charge in [0.1, 0.15) is 11.4 Å². The quantitative estimate of drug-likeness (QED) is 0.245. The van der Waals surface area contributed by atoms with Gasteiger partial charge in [-0.15, -0.1) is 0 Å². The molecule has 4 rings (SSSR count). The Morgan fingerprint density at radius 2 is 1.89 bits per heavy atom. The van der Waals surface area contributed by atoms with E-state index in [0.717, 1.165) is 4.90 Å². The minimum Gasteiger partial charge on any atom is -0.483 e. The van der Waals surface area contributed by atoms with Crippen molar-refractivity contribution in [2.45, 2.75) is 6.54 Å². The van der Waals surface area contributed by atoms with Crippen molar-refractivity contribution in [1.82, 2.24) is 15.1 Å². The van der Waals surface area contributed by atoms with Crippen LogP contribution in [0.1, 0.15) is 11.1 Å². The van der Waals surface area contributed by atoms with Gasteiger partial charge in [-0.05, 0) is 45.3 Å². The average Bonchev–Trinajstić information content (AvgIpc) is 3.11. The Balaban J connectivity index is 1.39. The zero-order valence-corrected chi connectivity index (χ0v) is 20.0. The molecule has 2 saturated heterocycles. The average molecular weight is 545 g/mol. The van der Waals surface area contributed by atoms with Gasteiger partial charge in [0, 0.05) is 25.2 Å². The number of ether oxygens (including phenoxy) is 2. The van der Waals surface area contributed by atoms with E-state index in [0.29, 0.717) is 47.7 Å². The molecule has 2 fully saturated rings. The topological polar surface area (TPSA) is 131 Å². The fourth-order valence-electron chi connectivity index (χ4n) is 3.55. The number of hydrogen-bond donors (Lipinski definition) is 1. The van der Waals surface area contributed by atoms with Gasteiger partial charge < -0.3 is 19.7 Å². The highest BCUT2D eigenvalue weighted by atomic mass is 79.9. The lowest BCUT2D eigenvalue weighted by atomic mass is 10.1. The fraction of sp³-hybridized carbons (Fsp3) is 0.261. The summed E-state index contributed by atoms with van der Waals surface area (Å²) < 4.78 is 11.5. The highest BCUT2D eigenvalue weighted by Crippen LogP contribution is 2.28. The molecule has 4 amide bonds. The molecule has 0 unspecified atom stereocenters. The summed E-state index contributed by atoms with van der Waals surface area (Å²) >= 11 is 3.41. The number of rotatable bonds is 7. The lowest BCUT2D eigenvalue weighted by molar-refractivity contribution is -0.384. The van der Waals surface area contributed by atoms with E-state index in [4.69, 9.17) is 9.47 Å². The van der Waals surface area contributed by atoms with Gasteiger partial charge in [0.05, 0.1) is 29.2 Å². The first-order valence-corrected chi connectivity index (χ1v) is 11.5. The number of carbonyl (C=O) groups excluding carboxylic acids is 3. The van der Waals surface area contributed by atoms with Gasteiger partial charge in [0.2, 0.25) is 0 Å². The Morgan fingerprint density at radius 1 is 1.17 bits per heavy atom. The summed E-state index contributed by atoms with van der Waals surface area (Å²) in [5, 5.41) is 13.3. The summed E-state index contributed by atoms with van der Waals surface area (Å²) in [4.78, 5) is 50.3. The van der Waals surface area contributed by atoms with E-state index in [2.05, 4.69) is 21.2 Å². The van der Waals surface area contributed by atoms with Crippen molar-refractivity contribution in [3.8, 4) is 5.75 Å². The summed E-state index contributed by atoms with van der Waals surface area (Å²) in [5.41, 5.74) is 1.23. The molecule has 2 aliphatic rings. The zero-order valence-electron chi connectivity index (χ0n) is 18.4. The number of nitro benzene ring substituents is 1. The van der Waals surface area contributed by atoms with Crippen molar-refractivity contribution in [1.29, 1.82) is 0 Å². The van der Waals surface area contributed by atoms with E-state index in [-0.39, 0.29) is 30.4 Å². The number of nitrogens with one attached hydrogen (secondary N) is 1. The van der Waals surface area contributed by atoms with Crippen molar-refractivity contribution in [3.05, 3.63) is 73.9 Å². The molecule has 2 aromatic rings. The van der Waals surface area contributed by atoms with Crippen molar-refractivity contribution in [2.75, 3.05) is 32.9 Å². The van der Waals surface area contributed by atoms with E-state index in [9.17, 15) is 24.5 Å². The summed E-state index contributed by atoms with van der Waals surface area (Å²) in [6, 6.07) is 10.1. The zero-order chi connectivity index (χ0) is 24.9. The molecular weight excluding hydrogens is 524 g/mol. The maximum Gasteiger partial charge on any atom is 0.329 e. The highest BCUT2D eigenvalue weighted by molar-refractivity contribution is 9.10. The molecule has 0 aromatic heterocycles. The summed E-state index contributed by atoms with van der Waals surface area (Å²) in [5.74, 6) is -0.171. The van der Waals surface area contributed by atoms with Crippen molar-refractivity contribution in [3.63, 3.8) is 0 Å². The van der Waals surface area contributed by atoms with Gasteiger partial charge in [-0.1, -0.05) is 18.2 Å². The molecule has 0 saturated carbocycles. The van der Waals surface area contributed by atoms with Crippen LogP contribution in [0, 0.1) is 10.1 Å². The molecule has 0 bridgehead atoms. The molecule has 0 radical (unpaired) electrons. The largest absolute Gasteiger partial charge is 0.483 e. The van der Waals surface area contributed by atoms with Crippen molar-refractivity contribution < 1.29 is 28.8 Å². The predicted octanol–water partition coefficient (Wildman–Crippen LogP) is 2.69. The first kappa shape index (κ1) is 24.4. The predicted molar refractivity (Wildman–Crippen MR) is 127 cm³/mol. The first-order valence-electron chi connectivity index (χ1n) is 10.7. The molecule has 35 heavy (non-hydrogen) atoms. The summed E-state index contributed by atoms with van der Waals surface area (Å²) in [7, 11) is 0. The molecule has 2 aromatic carbocycles. The number of urea groups is 1. The molecule has 182 valence electrons. The Kier molecular flexibility index (Phi) is 7.42. The van der Waals surface area contributed by atoms with Crippen LogP contribution in [0.4, 0.5) is 10.5 Å². The first-order chi connectivity index (χ1) is 16.8. The number of hydrogen-bond acceptors (Lipinski definition) is 7. The number of benzene rings is 2. The number of imide groups is 1. The van der Waals surface area contributed by atoms with Crippen LogP contribution in [0.3, 0.4) is 0 Å². The number of amides is 4. The lowest BCUT2D eigenvalue weighted by Crippen LogP contribution is -2.43. The smallest absolute Gasteiger partial charge is 0.329 e. The van der Waals surface area contributed by atoms with Crippen LogP contribution in [0.25, 0.3) is 6.08 Å². The minimum atomic E-state index is -0.583. The molecule has 12 heteroatoms. The van der Waals surface area contributed by atoms with Crippen LogP contribution in [0.15, 0.2) is 52.6 Å². The molecule has 11 nitrogen and oxygen atoms in total. The van der Waals surface area contributed by atoms with Gasteiger partial charge in [-0.25, -0.2) is 4.79 Å². The van der Waals surface area contributed by atoms with E-state index in [1.165, 1.54) is 30.3 Å². The van der Waals surface area contributed by atoms with Gasteiger partial charge in [-0.2, -0.15) is 0 Å². The van der Waals surface area contributed by atoms with E-state index >= 15 is 0 Å². The SMILES string of the molecule is O=C(COc1ccc(/C=C2\NC(=O)N(Cc3ccc([N+](=O)[O-])cc3)C2=O)cc1Br)N1CCOCC1. The standard InChI is InChI=1S/C23H21BrN4O7/c24-18-11-16(3-6-20(18)35-14-21(29)26-7-9-34-10-8-26)12-19-22(30)27(23(31)25-19)13-15-1-4-17(5-2-15)28(32)33/h1-6,11-12H,7-10,13-14H2,(H,25,31)/b19-12-. The molecule has 0 spiro atoms. The van der Waals surface area contributed by atoms with E-state index in [1.54, 1.807) is 23.1 Å². The summed E-state index contributed by atoms with van der Waals surface area (Å²) in [6.45, 7) is 1.98. The number of nitro groups is 1. The third kappa shape index (κ3) is 5.84. The Hall–Kier alpha value is -3.77. The number of non-ortho nitro benzene ring substituents is 1. The molecule has 0 aliphatic carbocycles. The molecule has 2 heterocycles. The van der Waals surface area contributed by atoms with Gasteiger partial charge in [-0.3, -0.25) is 24.6 Å². The van der Waals surface area contributed by atoms with Crippen LogP contribution in [-0.2, 0) is 20.9 Å². The monoisotopic (exact) mass is 544 g/mol. The molecule has 0 atom stereocenters. The van der Waals surface area contributed by atoms with Crippen LogP contribution in [0.2, 0.25) is 0 Å². The van der Waals surface area contributed by atoms with Crippen LogP contribution in [0.5, 0.6) is 5.75 Å². The van der Waals surface area contributed by atoms with Gasteiger partial charge in [0.15, 0.2) is 6.61 Å². The number of halogens is 1. The third-order valence-corrected chi connectivity index (χ3v) is 6.05. The van der Waals surface area contributed by atoms with Gasteiger partial charge in [0.25, 0.3) is 17.5 Å². The van der Waals surface area contributed by atoms with Crippen molar-refractivity contribution >= 4 is 45.5 Å². The Morgan fingerprint density at radius 3 is 2.54 bits per heavy atom. The molecule has 2 aliphatic heterocycles. The number of carbonyl (C=O) groups is 3. The third-order valence-electron chi connectivity index (χ3n) is 5.43. The molecule has 1 N–H and O–H groups in total. The highest BCUT2D eigenvalue weighted by Gasteiger charge is 2.33. The van der Waals surface area contributed by atoms with Crippen molar-refractivity contribution in [2.24, 2.45) is 0 Å². The number of nitrogens with zero attached hydrogens (tertiary/aromatic N) is 3.